The molecule has 1 unspecified atom stereocenters. The molecule has 6 heteroatoms. The predicted molar refractivity (Wildman–Crippen MR) is 90.6 cm³/mol. The number of amides is 1. The number of nitrogens with one attached hydrogen (secondary N) is 1. The lowest BCUT2D eigenvalue weighted by atomic mass is 9.84. The molecule has 3 saturated heterocycles. The number of nitrogens with zero attached hydrogens (tertiary/aromatic N) is 1. The van der Waals surface area contributed by atoms with E-state index in [1.54, 1.807) is 12.1 Å². The Bertz CT molecular complexity index is 648. The molecule has 23 heavy (non-hydrogen) atoms. The van der Waals surface area contributed by atoms with Crippen molar-refractivity contribution in [2.24, 2.45) is 5.92 Å². The van der Waals surface area contributed by atoms with E-state index in [0.29, 0.717) is 27.9 Å². The molecule has 3 heterocycles. The van der Waals surface area contributed by atoms with E-state index in [2.05, 4.69) is 16.1 Å². The molecule has 5 nitrogen and oxygen atoms in total. The van der Waals surface area contributed by atoms with Crippen LogP contribution in [0.1, 0.15) is 23.2 Å². The van der Waals surface area contributed by atoms with E-state index in [1.807, 2.05) is 0 Å². The summed E-state index contributed by atoms with van der Waals surface area (Å²) in [5.41, 5.74) is 6.52. The smallest absolute Gasteiger partial charge is 0.255 e. The van der Waals surface area contributed by atoms with Gasteiger partial charge in [0.15, 0.2) is 0 Å². The van der Waals surface area contributed by atoms with Crippen LogP contribution >= 0.6 is 11.6 Å². The van der Waals surface area contributed by atoms with Crippen LogP contribution in [0.5, 0.6) is 5.75 Å². The highest BCUT2D eigenvalue weighted by atomic mass is 35.5. The lowest BCUT2D eigenvalue weighted by Gasteiger charge is -2.44. The Hall–Kier alpha value is -1.90. The first-order chi connectivity index (χ1) is 11.1. The molecular formula is C17H20ClN3O2. The summed E-state index contributed by atoms with van der Waals surface area (Å²) in [6.45, 7) is 3.23. The van der Waals surface area contributed by atoms with E-state index in [9.17, 15) is 4.79 Å². The molecular weight excluding hydrogens is 314 g/mol. The summed E-state index contributed by atoms with van der Waals surface area (Å²) in [7, 11) is 0. The van der Waals surface area contributed by atoms with Crippen LogP contribution in [0.15, 0.2) is 12.1 Å². The van der Waals surface area contributed by atoms with Gasteiger partial charge in [0, 0.05) is 18.7 Å². The fourth-order valence-electron chi connectivity index (χ4n) is 3.36. The normalized spacial score (nSPS) is 25.7. The van der Waals surface area contributed by atoms with Crippen molar-refractivity contribution < 1.29 is 9.53 Å². The minimum absolute atomic E-state index is 0.0706. The first-order valence-corrected chi connectivity index (χ1v) is 8.14. The molecule has 0 radical (unpaired) electrons. The summed E-state index contributed by atoms with van der Waals surface area (Å²) >= 11 is 6.06. The zero-order chi connectivity index (χ0) is 16.4. The van der Waals surface area contributed by atoms with Crippen LogP contribution in [0.4, 0.5) is 5.69 Å². The minimum Gasteiger partial charge on any atom is -0.480 e. The molecule has 3 aliphatic rings. The molecule has 1 aromatic rings. The van der Waals surface area contributed by atoms with Crippen molar-refractivity contribution in [3.05, 3.63) is 22.7 Å². The number of anilines is 1. The van der Waals surface area contributed by atoms with Crippen molar-refractivity contribution in [1.82, 2.24) is 10.2 Å². The molecule has 0 saturated carbocycles. The van der Waals surface area contributed by atoms with E-state index in [0.717, 1.165) is 32.5 Å². The summed E-state index contributed by atoms with van der Waals surface area (Å²) in [6, 6.07) is 3.26. The maximum Gasteiger partial charge on any atom is 0.255 e. The number of nitrogens with two attached hydrogens (primary N) is 1. The molecule has 4 rings (SSSR count). The molecule has 3 fully saturated rings. The Morgan fingerprint density at radius 2 is 2.22 bits per heavy atom. The van der Waals surface area contributed by atoms with Crippen molar-refractivity contribution in [3.63, 3.8) is 0 Å². The number of terminal acetylenes is 1. The summed E-state index contributed by atoms with van der Waals surface area (Å²) in [5.74, 6) is 3.10. The number of halogens is 1. The number of rotatable bonds is 4. The number of fused-ring (bicyclic) bond motifs is 3. The average Bonchev–Trinajstić information content (AvgIpc) is 2.56. The number of hydrogen-bond donors (Lipinski definition) is 2. The summed E-state index contributed by atoms with van der Waals surface area (Å²) in [4.78, 5) is 15.1. The van der Waals surface area contributed by atoms with Crippen LogP contribution < -0.4 is 15.8 Å². The highest BCUT2D eigenvalue weighted by molar-refractivity contribution is 6.33. The van der Waals surface area contributed by atoms with Gasteiger partial charge in [-0.1, -0.05) is 17.5 Å². The third kappa shape index (κ3) is 3.39. The largest absolute Gasteiger partial charge is 0.480 e. The second-order valence-electron chi connectivity index (χ2n) is 6.08. The lowest BCUT2D eigenvalue weighted by Crippen LogP contribution is -2.57. The summed E-state index contributed by atoms with van der Waals surface area (Å²) < 4.78 is 5.45. The average molecular weight is 334 g/mol. The van der Waals surface area contributed by atoms with Gasteiger partial charge in [-0.05, 0) is 37.9 Å². The number of benzene rings is 1. The van der Waals surface area contributed by atoms with Gasteiger partial charge in [0.05, 0.1) is 16.3 Å². The van der Waals surface area contributed by atoms with Crippen molar-refractivity contribution in [2.45, 2.75) is 18.9 Å². The molecule has 3 aliphatic heterocycles. The fourth-order valence-corrected chi connectivity index (χ4v) is 3.52. The SMILES string of the molecule is C#CCOc1cc(N)c(Cl)cc1C(=O)NC1CN2CCC1CC2. The van der Waals surface area contributed by atoms with E-state index >= 15 is 0 Å². The van der Waals surface area contributed by atoms with Crippen molar-refractivity contribution in [3.8, 4) is 18.1 Å². The number of hydrogen-bond acceptors (Lipinski definition) is 4. The van der Waals surface area contributed by atoms with Gasteiger partial charge in [0.25, 0.3) is 5.91 Å². The third-order valence-corrected chi connectivity index (χ3v) is 4.95. The first kappa shape index (κ1) is 16.0. The Balaban J connectivity index is 1.78. The first-order valence-electron chi connectivity index (χ1n) is 7.77. The lowest BCUT2D eigenvalue weighted by molar-refractivity contribution is 0.0619. The zero-order valence-electron chi connectivity index (χ0n) is 12.8. The molecule has 0 aromatic heterocycles. The van der Waals surface area contributed by atoms with Gasteiger partial charge >= 0.3 is 0 Å². The maximum absolute atomic E-state index is 12.7. The van der Waals surface area contributed by atoms with Crippen LogP contribution in [0.3, 0.4) is 0 Å². The topological polar surface area (TPSA) is 67.6 Å². The van der Waals surface area contributed by atoms with Crippen molar-refractivity contribution in [2.75, 3.05) is 32.0 Å². The van der Waals surface area contributed by atoms with E-state index in [1.165, 1.54) is 0 Å². The molecule has 0 aliphatic carbocycles. The molecule has 2 bridgehead atoms. The zero-order valence-corrected chi connectivity index (χ0v) is 13.6. The number of ether oxygens (including phenoxy) is 1. The second kappa shape index (κ2) is 6.69. The monoisotopic (exact) mass is 333 g/mol. The number of carbonyl (C=O) groups excluding carboxylic acids is 1. The van der Waals surface area contributed by atoms with E-state index in [-0.39, 0.29) is 18.6 Å². The Morgan fingerprint density at radius 1 is 1.48 bits per heavy atom. The van der Waals surface area contributed by atoms with E-state index in [4.69, 9.17) is 28.5 Å². The summed E-state index contributed by atoms with van der Waals surface area (Å²) in [5, 5.41) is 3.45. The van der Waals surface area contributed by atoms with Crippen LogP contribution in [-0.2, 0) is 0 Å². The van der Waals surface area contributed by atoms with E-state index < -0.39 is 0 Å². The highest BCUT2D eigenvalue weighted by Crippen LogP contribution is 2.31. The van der Waals surface area contributed by atoms with Crippen molar-refractivity contribution in [1.29, 1.82) is 0 Å². The van der Waals surface area contributed by atoms with Gasteiger partial charge in [-0.15, -0.1) is 6.42 Å². The quantitative estimate of drug-likeness (QED) is 0.651. The highest BCUT2D eigenvalue weighted by Gasteiger charge is 2.35. The van der Waals surface area contributed by atoms with Gasteiger partial charge in [-0.25, -0.2) is 0 Å². The standard InChI is InChI=1S/C17H20ClN3O2/c1-2-7-23-16-9-14(19)13(18)8-12(16)17(22)20-15-10-21-5-3-11(15)4-6-21/h1,8-9,11,15H,3-7,10,19H2,(H,20,22). The number of nitrogen functional groups attached to an aromatic ring is 1. The van der Waals surface area contributed by atoms with Gasteiger partial charge < -0.3 is 20.7 Å². The third-order valence-electron chi connectivity index (χ3n) is 4.63. The summed E-state index contributed by atoms with van der Waals surface area (Å²) in [6.07, 6.45) is 7.49. The maximum atomic E-state index is 12.7. The molecule has 0 spiro atoms. The Labute approximate surface area is 141 Å². The molecule has 3 N–H and O–H groups in total. The van der Waals surface area contributed by atoms with Crippen LogP contribution in [0.25, 0.3) is 0 Å². The minimum atomic E-state index is -0.197. The van der Waals surface area contributed by atoms with Gasteiger partial charge in [-0.2, -0.15) is 0 Å². The molecule has 1 aromatic carbocycles. The van der Waals surface area contributed by atoms with Crippen LogP contribution in [0, 0.1) is 18.3 Å². The van der Waals surface area contributed by atoms with Crippen LogP contribution in [-0.4, -0.2) is 43.1 Å². The second-order valence-corrected chi connectivity index (χ2v) is 6.49. The van der Waals surface area contributed by atoms with Crippen molar-refractivity contribution >= 4 is 23.2 Å². The number of piperidine rings is 3. The molecule has 1 amide bonds. The van der Waals surface area contributed by atoms with Gasteiger partial charge in [-0.3, -0.25) is 4.79 Å². The van der Waals surface area contributed by atoms with Gasteiger partial charge in [0.1, 0.15) is 12.4 Å². The predicted octanol–water partition coefficient (Wildman–Crippen LogP) is 1.76. The Kier molecular flexibility index (Phi) is 4.65. The number of carbonyl (C=O) groups is 1. The van der Waals surface area contributed by atoms with Crippen LogP contribution in [0.2, 0.25) is 5.02 Å². The molecule has 122 valence electrons. The molecule has 1 atom stereocenters. The fraction of sp³-hybridized carbons (Fsp3) is 0.471. The van der Waals surface area contributed by atoms with Gasteiger partial charge in [0.2, 0.25) is 0 Å². The Morgan fingerprint density at radius 3 is 2.83 bits per heavy atom.